The summed E-state index contributed by atoms with van der Waals surface area (Å²) >= 11 is 1.25. The van der Waals surface area contributed by atoms with Crippen molar-refractivity contribution in [3.63, 3.8) is 0 Å². The van der Waals surface area contributed by atoms with E-state index in [0.29, 0.717) is 27.8 Å². The van der Waals surface area contributed by atoms with Crippen LogP contribution >= 0.6 is 11.3 Å². The van der Waals surface area contributed by atoms with Gasteiger partial charge in [0.25, 0.3) is 0 Å². The van der Waals surface area contributed by atoms with Gasteiger partial charge in [0.2, 0.25) is 5.91 Å². The number of carbonyl (C=O) groups excluding carboxylic acids is 2. The second kappa shape index (κ2) is 10.1. The van der Waals surface area contributed by atoms with Crippen LogP contribution in [0.2, 0.25) is 0 Å². The molecular weight excluding hydrogens is 447 g/mol. The second-order valence-corrected chi connectivity index (χ2v) is 7.22. The van der Waals surface area contributed by atoms with Gasteiger partial charge >= 0.3 is 12.3 Å². The molecule has 168 valence electrons. The first-order chi connectivity index (χ1) is 15.2. The topological polar surface area (TPSA) is 89.5 Å². The van der Waals surface area contributed by atoms with Crippen molar-refractivity contribution in [2.75, 3.05) is 17.2 Å². The van der Waals surface area contributed by atoms with Crippen LogP contribution in [0.4, 0.5) is 29.7 Å². The van der Waals surface area contributed by atoms with Gasteiger partial charge in [0.1, 0.15) is 5.75 Å². The van der Waals surface area contributed by atoms with Crippen LogP contribution in [0.15, 0.2) is 53.9 Å². The van der Waals surface area contributed by atoms with Gasteiger partial charge in [-0.05, 0) is 55.5 Å². The summed E-state index contributed by atoms with van der Waals surface area (Å²) in [5, 5.41) is 7.86. The lowest BCUT2D eigenvalue weighted by Crippen LogP contribution is -2.16. The Morgan fingerprint density at radius 1 is 1.03 bits per heavy atom. The van der Waals surface area contributed by atoms with Gasteiger partial charge in [-0.3, -0.25) is 4.79 Å². The van der Waals surface area contributed by atoms with Gasteiger partial charge in [0.05, 0.1) is 24.3 Å². The van der Waals surface area contributed by atoms with Crippen LogP contribution in [0.3, 0.4) is 0 Å². The number of amides is 1. The van der Waals surface area contributed by atoms with Crippen molar-refractivity contribution >= 4 is 39.7 Å². The lowest BCUT2D eigenvalue weighted by Gasteiger charge is -2.09. The summed E-state index contributed by atoms with van der Waals surface area (Å²) in [6, 6.07) is 11.5. The van der Waals surface area contributed by atoms with Crippen LogP contribution < -0.4 is 15.4 Å². The van der Waals surface area contributed by atoms with Crippen molar-refractivity contribution in [1.82, 2.24) is 4.98 Å². The average Bonchev–Trinajstić information content (AvgIpc) is 3.15. The van der Waals surface area contributed by atoms with E-state index in [1.807, 2.05) is 0 Å². The third kappa shape index (κ3) is 6.98. The minimum absolute atomic E-state index is 0.0240. The lowest BCUT2D eigenvalue weighted by molar-refractivity contribution is -0.274. The second-order valence-electron chi connectivity index (χ2n) is 6.36. The van der Waals surface area contributed by atoms with Crippen molar-refractivity contribution in [3.8, 4) is 5.75 Å². The number of ether oxygens (including phenoxy) is 2. The Hall–Kier alpha value is -3.60. The molecule has 1 aromatic heterocycles. The van der Waals surface area contributed by atoms with E-state index in [-0.39, 0.29) is 24.7 Å². The van der Waals surface area contributed by atoms with Crippen LogP contribution in [-0.2, 0) is 16.0 Å². The van der Waals surface area contributed by atoms with Gasteiger partial charge < -0.3 is 20.1 Å². The first-order valence-electron chi connectivity index (χ1n) is 9.36. The fourth-order valence-electron chi connectivity index (χ4n) is 2.58. The molecule has 0 spiro atoms. The molecule has 2 aromatic carbocycles. The molecule has 11 heteroatoms. The summed E-state index contributed by atoms with van der Waals surface area (Å²) in [4.78, 5) is 28.2. The summed E-state index contributed by atoms with van der Waals surface area (Å²) < 4.78 is 45.4. The largest absolute Gasteiger partial charge is 0.573 e. The van der Waals surface area contributed by atoms with Gasteiger partial charge in [-0.25, -0.2) is 9.78 Å². The Kier molecular flexibility index (Phi) is 7.31. The summed E-state index contributed by atoms with van der Waals surface area (Å²) in [5.74, 6) is -1.05. The molecule has 0 aliphatic rings. The number of benzene rings is 2. The molecule has 7 nitrogen and oxygen atoms in total. The molecule has 0 aliphatic heterocycles. The minimum atomic E-state index is -4.75. The molecule has 0 saturated heterocycles. The van der Waals surface area contributed by atoms with Crippen molar-refractivity contribution in [2.24, 2.45) is 0 Å². The number of halogens is 3. The van der Waals surface area contributed by atoms with Gasteiger partial charge in [-0.1, -0.05) is 0 Å². The molecule has 0 unspecified atom stereocenters. The minimum Gasteiger partial charge on any atom is -0.462 e. The van der Waals surface area contributed by atoms with Gasteiger partial charge in [-0.15, -0.1) is 24.5 Å². The zero-order valence-corrected chi connectivity index (χ0v) is 17.5. The standard InChI is InChI=1S/C21H18F3N3O4S/c1-2-30-19(29)13-3-5-14(6-4-13)25-18(28)11-16-12-32-20(27-16)26-15-7-9-17(10-8-15)31-21(22,23)24/h3-10,12H,2,11H2,1H3,(H,25,28)(H,26,27). The summed E-state index contributed by atoms with van der Waals surface area (Å²) in [6.45, 7) is 1.99. The zero-order chi connectivity index (χ0) is 23.1. The van der Waals surface area contributed by atoms with E-state index < -0.39 is 12.3 Å². The van der Waals surface area contributed by atoms with E-state index in [9.17, 15) is 22.8 Å². The molecule has 0 atom stereocenters. The molecule has 0 fully saturated rings. The molecular formula is C21H18F3N3O4S. The number of hydrogen-bond donors (Lipinski definition) is 2. The summed E-state index contributed by atoms with van der Waals surface area (Å²) in [7, 11) is 0. The van der Waals surface area contributed by atoms with Crippen molar-refractivity contribution in [3.05, 3.63) is 65.2 Å². The van der Waals surface area contributed by atoms with E-state index in [0.717, 1.165) is 0 Å². The molecule has 2 N–H and O–H groups in total. The fourth-order valence-corrected chi connectivity index (χ4v) is 3.31. The Morgan fingerprint density at radius 2 is 1.69 bits per heavy atom. The van der Waals surface area contributed by atoms with E-state index >= 15 is 0 Å². The Bertz CT molecular complexity index is 1070. The highest BCUT2D eigenvalue weighted by Gasteiger charge is 2.30. The molecule has 3 aromatic rings. The number of esters is 1. The van der Waals surface area contributed by atoms with Crippen molar-refractivity contribution in [1.29, 1.82) is 0 Å². The van der Waals surface area contributed by atoms with Gasteiger partial charge in [0.15, 0.2) is 5.13 Å². The fraction of sp³-hybridized carbons (Fsp3) is 0.190. The third-order valence-electron chi connectivity index (χ3n) is 3.91. The predicted octanol–water partition coefficient (Wildman–Crippen LogP) is 5.14. The van der Waals surface area contributed by atoms with E-state index in [4.69, 9.17) is 4.74 Å². The van der Waals surface area contributed by atoms with E-state index in [1.165, 1.54) is 35.6 Å². The molecule has 0 radical (unpaired) electrons. The van der Waals surface area contributed by atoms with Crippen LogP contribution in [0.1, 0.15) is 23.0 Å². The number of carbonyl (C=O) groups is 2. The van der Waals surface area contributed by atoms with Crippen LogP contribution in [0.5, 0.6) is 5.75 Å². The predicted molar refractivity (Wildman–Crippen MR) is 113 cm³/mol. The number of nitrogens with one attached hydrogen (secondary N) is 2. The number of anilines is 3. The molecule has 0 bridgehead atoms. The highest BCUT2D eigenvalue weighted by Crippen LogP contribution is 2.26. The van der Waals surface area contributed by atoms with Gasteiger partial charge in [-0.2, -0.15) is 0 Å². The first-order valence-corrected chi connectivity index (χ1v) is 10.2. The summed E-state index contributed by atoms with van der Waals surface area (Å²) in [6.07, 6.45) is -4.72. The molecule has 32 heavy (non-hydrogen) atoms. The quantitative estimate of drug-likeness (QED) is 0.448. The summed E-state index contributed by atoms with van der Waals surface area (Å²) in [5.41, 5.74) is 1.96. The maximum atomic E-state index is 12.3. The Morgan fingerprint density at radius 3 is 2.31 bits per heavy atom. The van der Waals surface area contributed by atoms with E-state index in [1.54, 1.807) is 36.6 Å². The highest BCUT2D eigenvalue weighted by atomic mass is 32.1. The smallest absolute Gasteiger partial charge is 0.462 e. The Labute approximate surface area is 185 Å². The molecule has 1 amide bonds. The normalized spacial score (nSPS) is 11.0. The van der Waals surface area contributed by atoms with Crippen LogP contribution in [0.25, 0.3) is 0 Å². The SMILES string of the molecule is CCOC(=O)c1ccc(NC(=O)Cc2csc(Nc3ccc(OC(F)(F)F)cc3)n2)cc1. The maximum absolute atomic E-state index is 12.3. The number of thiazole rings is 1. The molecule has 0 saturated carbocycles. The third-order valence-corrected chi connectivity index (χ3v) is 4.72. The number of alkyl halides is 3. The number of nitrogens with zero attached hydrogens (tertiary/aromatic N) is 1. The van der Waals surface area contributed by atoms with Crippen LogP contribution in [0, 0.1) is 0 Å². The highest BCUT2D eigenvalue weighted by molar-refractivity contribution is 7.13. The number of hydrogen-bond acceptors (Lipinski definition) is 7. The maximum Gasteiger partial charge on any atom is 0.573 e. The molecule has 1 heterocycles. The number of aromatic nitrogens is 1. The first kappa shape index (κ1) is 23.1. The zero-order valence-electron chi connectivity index (χ0n) is 16.7. The molecule has 3 rings (SSSR count). The lowest BCUT2D eigenvalue weighted by atomic mass is 10.2. The van der Waals surface area contributed by atoms with E-state index in [2.05, 4.69) is 20.4 Å². The number of rotatable bonds is 8. The Balaban J connectivity index is 1.52. The van der Waals surface area contributed by atoms with Crippen molar-refractivity contribution < 1.29 is 32.2 Å². The van der Waals surface area contributed by atoms with Crippen LogP contribution in [-0.4, -0.2) is 29.8 Å². The molecule has 0 aliphatic carbocycles. The average molecular weight is 465 g/mol. The van der Waals surface area contributed by atoms with Gasteiger partial charge in [0, 0.05) is 16.8 Å². The van der Waals surface area contributed by atoms with Crippen molar-refractivity contribution in [2.45, 2.75) is 19.7 Å². The monoisotopic (exact) mass is 465 g/mol.